The standard InChI is InChI=1S/C13H20O2/c1-5-13(2,3)15-10-11-6-8-12(14-4)9-7-11/h6-9H,5,10H2,1-4H3. The van der Waals surface area contributed by atoms with Crippen molar-refractivity contribution < 1.29 is 9.47 Å². The van der Waals surface area contributed by atoms with E-state index in [-0.39, 0.29) is 5.60 Å². The Balaban J connectivity index is 2.51. The van der Waals surface area contributed by atoms with E-state index in [4.69, 9.17) is 9.47 Å². The molecule has 2 heteroatoms. The quantitative estimate of drug-likeness (QED) is 0.738. The van der Waals surface area contributed by atoms with E-state index in [0.29, 0.717) is 6.61 Å². The molecule has 0 heterocycles. The summed E-state index contributed by atoms with van der Waals surface area (Å²) >= 11 is 0. The third-order valence-corrected chi connectivity index (χ3v) is 2.64. The van der Waals surface area contributed by atoms with Crippen LogP contribution < -0.4 is 4.74 Å². The Morgan fingerprint density at radius 3 is 2.20 bits per heavy atom. The predicted molar refractivity (Wildman–Crippen MR) is 62.2 cm³/mol. The van der Waals surface area contributed by atoms with Crippen LogP contribution in [0.15, 0.2) is 24.3 Å². The van der Waals surface area contributed by atoms with Gasteiger partial charge >= 0.3 is 0 Å². The van der Waals surface area contributed by atoms with Gasteiger partial charge in [-0.3, -0.25) is 0 Å². The molecule has 1 aromatic carbocycles. The first-order chi connectivity index (χ1) is 7.07. The van der Waals surface area contributed by atoms with Gasteiger partial charge in [-0.1, -0.05) is 19.1 Å². The molecule has 0 aliphatic heterocycles. The lowest BCUT2D eigenvalue weighted by molar-refractivity contribution is -0.0316. The number of benzene rings is 1. The van der Waals surface area contributed by atoms with E-state index >= 15 is 0 Å². The molecule has 0 fully saturated rings. The molecule has 0 aromatic heterocycles. The topological polar surface area (TPSA) is 18.5 Å². The average Bonchev–Trinajstić information content (AvgIpc) is 2.27. The van der Waals surface area contributed by atoms with Crippen LogP contribution in [0, 0.1) is 0 Å². The summed E-state index contributed by atoms with van der Waals surface area (Å²) in [6.07, 6.45) is 1.02. The van der Waals surface area contributed by atoms with E-state index < -0.39 is 0 Å². The summed E-state index contributed by atoms with van der Waals surface area (Å²) in [4.78, 5) is 0. The van der Waals surface area contributed by atoms with Crippen molar-refractivity contribution in [3.63, 3.8) is 0 Å². The number of hydrogen-bond donors (Lipinski definition) is 0. The molecule has 0 saturated carbocycles. The summed E-state index contributed by atoms with van der Waals surface area (Å²) in [5.74, 6) is 0.883. The summed E-state index contributed by atoms with van der Waals surface area (Å²) in [6.45, 7) is 7.01. The van der Waals surface area contributed by atoms with Crippen LogP contribution in [-0.4, -0.2) is 12.7 Å². The maximum Gasteiger partial charge on any atom is 0.118 e. The van der Waals surface area contributed by atoms with Gasteiger partial charge in [-0.05, 0) is 38.0 Å². The lowest BCUT2D eigenvalue weighted by atomic mass is 10.1. The highest BCUT2D eigenvalue weighted by Gasteiger charge is 2.14. The fourth-order valence-corrected chi connectivity index (χ4v) is 1.10. The third kappa shape index (κ3) is 3.92. The van der Waals surface area contributed by atoms with Gasteiger partial charge < -0.3 is 9.47 Å². The molecule has 0 aliphatic rings. The molecule has 0 amide bonds. The second-order valence-electron chi connectivity index (χ2n) is 4.25. The average molecular weight is 208 g/mol. The fraction of sp³-hybridized carbons (Fsp3) is 0.538. The second-order valence-corrected chi connectivity index (χ2v) is 4.25. The highest BCUT2D eigenvalue weighted by atomic mass is 16.5. The lowest BCUT2D eigenvalue weighted by Gasteiger charge is -2.23. The molecular formula is C13H20O2. The molecule has 1 rings (SSSR count). The van der Waals surface area contributed by atoms with E-state index in [9.17, 15) is 0 Å². The highest BCUT2D eigenvalue weighted by molar-refractivity contribution is 5.26. The van der Waals surface area contributed by atoms with Crippen LogP contribution in [0.2, 0.25) is 0 Å². The fourth-order valence-electron chi connectivity index (χ4n) is 1.10. The van der Waals surface area contributed by atoms with Gasteiger partial charge in [0.05, 0.1) is 19.3 Å². The molecule has 1 aromatic rings. The largest absolute Gasteiger partial charge is 0.497 e. The Kier molecular flexibility index (Phi) is 4.15. The van der Waals surface area contributed by atoms with Crippen molar-refractivity contribution in [1.29, 1.82) is 0 Å². The maximum atomic E-state index is 5.80. The van der Waals surface area contributed by atoms with Crippen molar-refractivity contribution >= 4 is 0 Å². The Morgan fingerprint density at radius 1 is 1.13 bits per heavy atom. The summed E-state index contributed by atoms with van der Waals surface area (Å²) in [7, 11) is 1.67. The highest BCUT2D eigenvalue weighted by Crippen LogP contribution is 2.18. The van der Waals surface area contributed by atoms with Gasteiger partial charge in [0, 0.05) is 0 Å². The van der Waals surface area contributed by atoms with Gasteiger partial charge in [-0.15, -0.1) is 0 Å². The van der Waals surface area contributed by atoms with Crippen LogP contribution >= 0.6 is 0 Å². The van der Waals surface area contributed by atoms with Crippen molar-refractivity contribution in [2.75, 3.05) is 7.11 Å². The lowest BCUT2D eigenvalue weighted by Crippen LogP contribution is -2.22. The zero-order chi connectivity index (χ0) is 11.3. The molecule has 0 N–H and O–H groups in total. The van der Waals surface area contributed by atoms with Crippen molar-refractivity contribution in [3.8, 4) is 5.75 Å². The molecule has 15 heavy (non-hydrogen) atoms. The van der Waals surface area contributed by atoms with E-state index in [1.165, 1.54) is 5.56 Å². The van der Waals surface area contributed by atoms with E-state index in [1.807, 2.05) is 24.3 Å². The summed E-state index contributed by atoms with van der Waals surface area (Å²) in [5, 5.41) is 0. The Morgan fingerprint density at radius 2 is 1.73 bits per heavy atom. The van der Waals surface area contributed by atoms with E-state index in [2.05, 4.69) is 20.8 Å². The molecule has 0 radical (unpaired) electrons. The van der Waals surface area contributed by atoms with Crippen molar-refractivity contribution in [2.45, 2.75) is 39.4 Å². The monoisotopic (exact) mass is 208 g/mol. The van der Waals surface area contributed by atoms with Crippen molar-refractivity contribution in [3.05, 3.63) is 29.8 Å². The Bertz CT molecular complexity index is 288. The molecule has 84 valence electrons. The minimum atomic E-state index is -0.0417. The molecule has 0 aliphatic carbocycles. The first-order valence-electron chi connectivity index (χ1n) is 5.34. The molecule has 2 nitrogen and oxygen atoms in total. The van der Waals surface area contributed by atoms with Crippen LogP contribution in [0.4, 0.5) is 0 Å². The summed E-state index contributed by atoms with van der Waals surface area (Å²) in [6, 6.07) is 7.98. The van der Waals surface area contributed by atoms with Gasteiger partial charge in [0.1, 0.15) is 5.75 Å². The zero-order valence-electron chi connectivity index (χ0n) is 10.0. The molecule has 0 atom stereocenters. The van der Waals surface area contributed by atoms with E-state index in [0.717, 1.165) is 12.2 Å². The van der Waals surface area contributed by atoms with Gasteiger partial charge in [0.2, 0.25) is 0 Å². The third-order valence-electron chi connectivity index (χ3n) is 2.64. The van der Waals surface area contributed by atoms with Crippen molar-refractivity contribution in [2.24, 2.45) is 0 Å². The van der Waals surface area contributed by atoms with Crippen molar-refractivity contribution in [1.82, 2.24) is 0 Å². The van der Waals surface area contributed by atoms with Gasteiger partial charge in [0.15, 0.2) is 0 Å². The molecular weight excluding hydrogens is 188 g/mol. The second kappa shape index (κ2) is 5.17. The summed E-state index contributed by atoms with van der Waals surface area (Å²) < 4.78 is 10.9. The molecule has 0 unspecified atom stereocenters. The van der Waals surface area contributed by atoms with Gasteiger partial charge in [0.25, 0.3) is 0 Å². The van der Waals surface area contributed by atoms with Gasteiger partial charge in [-0.2, -0.15) is 0 Å². The predicted octanol–water partition coefficient (Wildman–Crippen LogP) is 3.40. The number of ether oxygens (including phenoxy) is 2. The Hall–Kier alpha value is -1.02. The van der Waals surface area contributed by atoms with Crippen LogP contribution in [0.1, 0.15) is 32.8 Å². The SMILES string of the molecule is CCC(C)(C)OCc1ccc(OC)cc1. The minimum absolute atomic E-state index is 0.0417. The maximum absolute atomic E-state index is 5.80. The summed E-state index contributed by atoms with van der Waals surface area (Å²) in [5.41, 5.74) is 1.14. The van der Waals surface area contributed by atoms with E-state index in [1.54, 1.807) is 7.11 Å². The molecule has 0 bridgehead atoms. The van der Waals surface area contributed by atoms with Crippen LogP contribution in [0.25, 0.3) is 0 Å². The minimum Gasteiger partial charge on any atom is -0.497 e. The number of rotatable bonds is 5. The first-order valence-corrected chi connectivity index (χ1v) is 5.34. The zero-order valence-corrected chi connectivity index (χ0v) is 10.0. The van der Waals surface area contributed by atoms with Gasteiger partial charge in [-0.25, -0.2) is 0 Å². The first kappa shape index (κ1) is 12.1. The number of hydrogen-bond acceptors (Lipinski definition) is 2. The normalized spacial score (nSPS) is 11.5. The van der Waals surface area contributed by atoms with Crippen LogP contribution in [0.3, 0.4) is 0 Å². The molecule has 0 spiro atoms. The molecule has 0 saturated heterocycles. The Labute approximate surface area is 92.2 Å². The number of methoxy groups -OCH3 is 1. The van der Waals surface area contributed by atoms with Crippen LogP contribution in [-0.2, 0) is 11.3 Å². The smallest absolute Gasteiger partial charge is 0.118 e. The van der Waals surface area contributed by atoms with Crippen LogP contribution in [0.5, 0.6) is 5.75 Å².